The Kier molecular flexibility index (Phi) is 1.49. The molecule has 0 amide bonds. The van der Waals surface area contributed by atoms with Gasteiger partial charge >= 0.3 is 0 Å². The Morgan fingerprint density at radius 3 is 3.30 bits per heavy atom. The molecule has 0 radical (unpaired) electrons. The van der Waals surface area contributed by atoms with Crippen LogP contribution in [0.25, 0.3) is 0 Å². The lowest BCUT2D eigenvalue weighted by molar-refractivity contribution is 0.865. The van der Waals surface area contributed by atoms with Crippen LogP contribution in [0, 0.1) is 0 Å². The molecule has 0 saturated heterocycles. The summed E-state index contributed by atoms with van der Waals surface area (Å²) in [5.74, 6) is 0. The van der Waals surface area contributed by atoms with Crippen molar-refractivity contribution in [3.63, 3.8) is 0 Å². The molecule has 2 aliphatic rings. The highest BCUT2D eigenvalue weighted by molar-refractivity contribution is 8.06. The molecule has 1 aliphatic carbocycles. The zero-order valence-electron chi connectivity index (χ0n) is 6.11. The lowest BCUT2D eigenvalue weighted by atomic mass is 10.3. The fourth-order valence-electron chi connectivity index (χ4n) is 1.39. The Morgan fingerprint density at radius 2 is 2.40 bits per heavy atom. The molecule has 1 aliphatic heterocycles. The number of hydrogen-bond acceptors (Lipinski definition) is 2. The minimum absolute atomic E-state index is 1.26. The van der Waals surface area contributed by atoms with Crippen LogP contribution in [-0.4, -0.2) is 0 Å². The molecule has 0 aromatic rings. The van der Waals surface area contributed by atoms with Crippen LogP contribution in [0.5, 0.6) is 0 Å². The third kappa shape index (κ3) is 0.966. The SMILES string of the molecule is CC1=CNC2=C(CCC2)S1. The lowest BCUT2D eigenvalue weighted by Gasteiger charge is -2.13. The molecule has 1 nitrogen and oxygen atoms in total. The molecule has 54 valence electrons. The first-order valence-corrected chi connectivity index (χ1v) is 4.51. The van der Waals surface area contributed by atoms with E-state index in [-0.39, 0.29) is 0 Å². The molecule has 2 rings (SSSR count). The Labute approximate surface area is 65.6 Å². The van der Waals surface area contributed by atoms with Gasteiger partial charge in [0.15, 0.2) is 0 Å². The van der Waals surface area contributed by atoms with E-state index in [0.29, 0.717) is 0 Å². The molecular weight excluding hydrogens is 142 g/mol. The fourth-order valence-corrected chi connectivity index (χ4v) is 2.43. The van der Waals surface area contributed by atoms with Crippen molar-refractivity contribution in [3.05, 3.63) is 21.7 Å². The largest absolute Gasteiger partial charge is 0.364 e. The van der Waals surface area contributed by atoms with E-state index in [1.807, 2.05) is 11.8 Å². The first-order chi connectivity index (χ1) is 4.86. The van der Waals surface area contributed by atoms with Gasteiger partial charge in [-0.3, -0.25) is 0 Å². The van der Waals surface area contributed by atoms with Gasteiger partial charge in [-0.05, 0) is 26.2 Å². The van der Waals surface area contributed by atoms with Crippen LogP contribution >= 0.6 is 11.8 Å². The fraction of sp³-hybridized carbons (Fsp3) is 0.500. The quantitative estimate of drug-likeness (QED) is 0.574. The van der Waals surface area contributed by atoms with E-state index in [9.17, 15) is 0 Å². The molecule has 0 bridgehead atoms. The van der Waals surface area contributed by atoms with Crippen molar-refractivity contribution in [2.45, 2.75) is 26.2 Å². The van der Waals surface area contributed by atoms with Crippen LogP contribution in [0.15, 0.2) is 21.7 Å². The number of nitrogens with one attached hydrogen (secondary N) is 1. The zero-order valence-corrected chi connectivity index (χ0v) is 6.92. The van der Waals surface area contributed by atoms with E-state index in [1.165, 1.54) is 29.9 Å². The maximum absolute atomic E-state index is 3.33. The van der Waals surface area contributed by atoms with Crippen molar-refractivity contribution < 1.29 is 0 Å². The minimum Gasteiger partial charge on any atom is -0.364 e. The molecule has 0 aromatic carbocycles. The molecule has 0 fully saturated rings. The molecule has 0 spiro atoms. The van der Waals surface area contributed by atoms with Crippen LogP contribution in [0.3, 0.4) is 0 Å². The van der Waals surface area contributed by atoms with Crippen molar-refractivity contribution in [2.75, 3.05) is 0 Å². The molecule has 0 aromatic heterocycles. The number of rotatable bonds is 0. The maximum Gasteiger partial charge on any atom is 0.0246 e. The van der Waals surface area contributed by atoms with E-state index in [2.05, 4.69) is 18.4 Å². The third-order valence-corrected chi connectivity index (χ3v) is 3.04. The highest BCUT2D eigenvalue weighted by Gasteiger charge is 2.17. The van der Waals surface area contributed by atoms with Gasteiger partial charge in [-0.1, -0.05) is 11.8 Å². The third-order valence-electron chi connectivity index (χ3n) is 1.90. The van der Waals surface area contributed by atoms with E-state index in [4.69, 9.17) is 0 Å². The van der Waals surface area contributed by atoms with Crippen molar-refractivity contribution >= 4 is 11.8 Å². The summed E-state index contributed by atoms with van der Waals surface area (Å²) < 4.78 is 0. The van der Waals surface area contributed by atoms with Gasteiger partial charge in [0, 0.05) is 21.7 Å². The van der Waals surface area contributed by atoms with E-state index < -0.39 is 0 Å². The van der Waals surface area contributed by atoms with Gasteiger partial charge < -0.3 is 5.32 Å². The van der Waals surface area contributed by atoms with Crippen LogP contribution < -0.4 is 5.32 Å². The lowest BCUT2D eigenvalue weighted by Crippen LogP contribution is -2.07. The second-order valence-corrected chi connectivity index (χ2v) is 4.10. The molecular formula is C8H11NS. The molecule has 10 heavy (non-hydrogen) atoms. The van der Waals surface area contributed by atoms with Crippen LogP contribution in [0.1, 0.15) is 26.2 Å². The number of hydrogen-bond donors (Lipinski definition) is 1. The van der Waals surface area contributed by atoms with Gasteiger partial charge in [0.05, 0.1) is 0 Å². The summed E-state index contributed by atoms with van der Waals surface area (Å²) in [6.45, 7) is 2.15. The topological polar surface area (TPSA) is 12.0 Å². The van der Waals surface area contributed by atoms with Crippen molar-refractivity contribution in [2.24, 2.45) is 0 Å². The molecule has 0 unspecified atom stereocenters. The zero-order chi connectivity index (χ0) is 6.97. The maximum atomic E-state index is 3.33. The Morgan fingerprint density at radius 1 is 1.50 bits per heavy atom. The Hall–Kier alpha value is -0.370. The summed E-state index contributed by atoms with van der Waals surface area (Å²) in [5, 5.41) is 3.33. The standard InChI is InChI=1S/C8H11NS/c1-6-5-9-7-3-2-4-8(7)10-6/h5,9H,2-4H2,1H3. The van der Waals surface area contributed by atoms with Gasteiger partial charge in [-0.2, -0.15) is 0 Å². The Balaban J connectivity index is 2.18. The molecule has 0 saturated carbocycles. The van der Waals surface area contributed by atoms with Crippen LogP contribution in [0.2, 0.25) is 0 Å². The molecule has 1 heterocycles. The molecule has 0 atom stereocenters. The van der Waals surface area contributed by atoms with Crippen LogP contribution in [-0.2, 0) is 0 Å². The summed E-state index contributed by atoms with van der Waals surface area (Å²) in [7, 11) is 0. The molecule has 2 heteroatoms. The predicted octanol–water partition coefficient (Wildman–Crippen LogP) is 2.58. The summed E-state index contributed by atoms with van der Waals surface area (Å²) in [6.07, 6.45) is 5.99. The second-order valence-electron chi connectivity index (χ2n) is 2.76. The highest BCUT2D eigenvalue weighted by Crippen LogP contribution is 2.39. The normalized spacial score (nSPS) is 23.9. The van der Waals surface area contributed by atoms with Gasteiger partial charge in [-0.15, -0.1) is 0 Å². The van der Waals surface area contributed by atoms with Crippen molar-refractivity contribution in [3.8, 4) is 0 Å². The number of thioether (sulfide) groups is 1. The van der Waals surface area contributed by atoms with E-state index in [1.54, 1.807) is 4.91 Å². The minimum atomic E-state index is 1.26. The average Bonchev–Trinajstić information content (AvgIpc) is 2.33. The summed E-state index contributed by atoms with van der Waals surface area (Å²) in [4.78, 5) is 2.96. The van der Waals surface area contributed by atoms with Gasteiger partial charge in [0.25, 0.3) is 0 Å². The van der Waals surface area contributed by atoms with E-state index >= 15 is 0 Å². The van der Waals surface area contributed by atoms with Gasteiger partial charge in [-0.25, -0.2) is 0 Å². The smallest absolute Gasteiger partial charge is 0.0246 e. The first kappa shape index (κ1) is 6.35. The number of allylic oxidation sites excluding steroid dienone is 3. The van der Waals surface area contributed by atoms with Gasteiger partial charge in [0.1, 0.15) is 0 Å². The van der Waals surface area contributed by atoms with Crippen molar-refractivity contribution in [1.82, 2.24) is 5.32 Å². The summed E-state index contributed by atoms with van der Waals surface area (Å²) in [5.41, 5.74) is 1.47. The second kappa shape index (κ2) is 2.35. The van der Waals surface area contributed by atoms with E-state index in [0.717, 1.165) is 0 Å². The first-order valence-electron chi connectivity index (χ1n) is 3.69. The summed E-state index contributed by atoms with van der Waals surface area (Å²) >= 11 is 1.94. The molecule has 1 N–H and O–H groups in total. The average molecular weight is 153 g/mol. The Bertz CT molecular complexity index is 215. The predicted molar refractivity (Wildman–Crippen MR) is 45.4 cm³/mol. The summed E-state index contributed by atoms with van der Waals surface area (Å²) in [6, 6.07) is 0. The van der Waals surface area contributed by atoms with Crippen molar-refractivity contribution in [1.29, 1.82) is 0 Å². The van der Waals surface area contributed by atoms with Crippen LogP contribution in [0.4, 0.5) is 0 Å². The highest BCUT2D eigenvalue weighted by atomic mass is 32.2. The van der Waals surface area contributed by atoms with Gasteiger partial charge in [0.2, 0.25) is 0 Å². The monoisotopic (exact) mass is 153 g/mol.